The Labute approximate surface area is 382 Å². The number of halogens is 1. The van der Waals surface area contributed by atoms with Crippen LogP contribution in [0, 0.1) is 23.7 Å². The van der Waals surface area contributed by atoms with Crippen LogP contribution in [0.1, 0.15) is 96.8 Å². The van der Waals surface area contributed by atoms with Gasteiger partial charge < -0.3 is 15.5 Å². The van der Waals surface area contributed by atoms with Crippen LogP contribution in [0.5, 0.6) is 0 Å². The fourth-order valence-corrected chi connectivity index (χ4v) is 7.72. The number of piperidine rings is 1. The molecule has 2 aliphatic carbocycles. The average Bonchev–Trinajstić information content (AvgIpc) is 4.27. The molecule has 16 nitrogen and oxygen atoms in total. The lowest BCUT2D eigenvalue weighted by Crippen LogP contribution is -2.54. The monoisotopic (exact) mass is 888 g/mol. The van der Waals surface area contributed by atoms with Crippen molar-refractivity contribution >= 4 is 52.6 Å². The van der Waals surface area contributed by atoms with Gasteiger partial charge in [0, 0.05) is 86.2 Å². The second-order valence-corrected chi connectivity index (χ2v) is 16.8. The van der Waals surface area contributed by atoms with Crippen molar-refractivity contribution in [3.05, 3.63) is 124 Å². The molecule has 0 radical (unpaired) electrons. The van der Waals surface area contributed by atoms with Crippen LogP contribution < -0.4 is 26.0 Å². The molecule has 0 unspecified atom stereocenters. The van der Waals surface area contributed by atoms with Crippen molar-refractivity contribution in [2.24, 2.45) is 14.1 Å². The SMILES string of the molecule is Cn1nc(C2CC2)cc1NC(=O)N(c1cccc(C#Cc2cnc(Cl)nc2)c1)N(C(=O)Nc1cccc(C#Cc2cnc(NCCCN3CCCCC3)nc2)c1)c1cc(C2CC2)nn1C. The molecule has 330 valence electrons. The highest BCUT2D eigenvalue weighted by molar-refractivity contribution is 6.28. The van der Waals surface area contributed by atoms with Gasteiger partial charge in [0.05, 0.1) is 28.2 Å². The molecular weight excluding hydrogens is 840 g/mol. The Balaban J connectivity index is 0.985. The number of aryl methyl sites for hydroxylation is 2. The second kappa shape index (κ2) is 19.6. The van der Waals surface area contributed by atoms with E-state index in [1.54, 1.807) is 66.2 Å². The fourth-order valence-electron chi connectivity index (χ4n) is 7.63. The molecule has 0 spiro atoms. The first-order chi connectivity index (χ1) is 31.7. The van der Waals surface area contributed by atoms with Crippen LogP contribution in [0.4, 0.5) is 38.5 Å². The molecule has 3 fully saturated rings. The summed E-state index contributed by atoms with van der Waals surface area (Å²) < 4.78 is 3.26. The largest absolute Gasteiger partial charge is 0.354 e. The molecule has 4 aromatic heterocycles. The third kappa shape index (κ3) is 11.1. The van der Waals surface area contributed by atoms with Crippen molar-refractivity contribution in [2.45, 2.75) is 63.2 Å². The Morgan fingerprint density at radius 3 is 1.98 bits per heavy atom. The van der Waals surface area contributed by atoms with Crippen LogP contribution in [0.2, 0.25) is 5.28 Å². The molecule has 1 aliphatic heterocycles. The van der Waals surface area contributed by atoms with E-state index < -0.39 is 12.1 Å². The van der Waals surface area contributed by atoms with Crippen LogP contribution in [-0.4, -0.2) is 82.6 Å². The lowest BCUT2D eigenvalue weighted by Gasteiger charge is -2.34. The number of amides is 4. The van der Waals surface area contributed by atoms with Gasteiger partial charge in [-0.15, -0.1) is 0 Å². The Hall–Kier alpha value is -7.27. The number of hydrazine groups is 1. The highest BCUT2D eigenvalue weighted by Gasteiger charge is 2.36. The molecule has 3 aliphatic rings. The summed E-state index contributed by atoms with van der Waals surface area (Å²) in [5, 5.41) is 21.5. The van der Waals surface area contributed by atoms with Crippen molar-refractivity contribution < 1.29 is 9.59 Å². The summed E-state index contributed by atoms with van der Waals surface area (Å²) in [6.45, 7) is 4.25. The first-order valence-corrected chi connectivity index (χ1v) is 22.4. The topological polar surface area (TPSA) is 167 Å². The van der Waals surface area contributed by atoms with Gasteiger partial charge in [-0.2, -0.15) is 20.2 Å². The molecular formula is C48H49ClN14O2. The second-order valence-electron chi connectivity index (χ2n) is 16.5. The highest BCUT2D eigenvalue weighted by atomic mass is 35.5. The van der Waals surface area contributed by atoms with Crippen LogP contribution in [-0.2, 0) is 14.1 Å². The molecule has 9 rings (SSSR count). The molecule has 2 aromatic carbocycles. The molecule has 65 heavy (non-hydrogen) atoms. The zero-order valence-corrected chi connectivity index (χ0v) is 37.1. The normalized spacial score (nSPS) is 14.6. The van der Waals surface area contributed by atoms with E-state index in [-0.39, 0.29) is 11.2 Å². The maximum atomic E-state index is 14.9. The number of nitrogens with zero attached hydrogens (tertiary/aromatic N) is 11. The van der Waals surface area contributed by atoms with Crippen LogP contribution in [0.3, 0.4) is 0 Å². The van der Waals surface area contributed by atoms with Crippen LogP contribution >= 0.6 is 11.6 Å². The summed E-state index contributed by atoms with van der Waals surface area (Å²) >= 11 is 5.90. The zero-order valence-electron chi connectivity index (χ0n) is 36.3. The lowest BCUT2D eigenvalue weighted by molar-refractivity contribution is 0.228. The fraction of sp³-hybridized carbons (Fsp3) is 0.333. The number of anilines is 5. The summed E-state index contributed by atoms with van der Waals surface area (Å²) in [5.74, 6) is 14.6. The minimum Gasteiger partial charge on any atom is -0.354 e. The van der Waals surface area contributed by atoms with E-state index in [0.717, 1.165) is 56.6 Å². The predicted molar refractivity (Wildman–Crippen MR) is 251 cm³/mol. The van der Waals surface area contributed by atoms with Gasteiger partial charge in [0.25, 0.3) is 0 Å². The maximum Gasteiger partial charge on any atom is 0.347 e. The van der Waals surface area contributed by atoms with E-state index >= 15 is 0 Å². The van der Waals surface area contributed by atoms with Crippen molar-refractivity contribution in [3.8, 4) is 23.7 Å². The molecule has 17 heteroatoms. The van der Waals surface area contributed by atoms with E-state index in [1.165, 1.54) is 54.8 Å². The lowest BCUT2D eigenvalue weighted by atomic mass is 10.1. The van der Waals surface area contributed by atoms with Gasteiger partial charge >= 0.3 is 12.1 Å². The highest BCUT2D eigenvalue weighted by Crippen LogP contribution is 2.41. The van der Waals surface area contributed by atoms with Crippen LogP contribution in [0.15, 0.2) is 85.5 Å². The third-order valence-electron chi connectivity index (χ3n) is 11.4. The number of rotatable bonds is 11. The Kier molecular flexibility index (Phi) is 13.0. The number of likely N-dealkylation sites (tertiary alicyclic amines) is 1. The number of hydrogen-bond acceptors (Lipinski definition) is 10. The van der Waals surface area contributed by atoms with Gasteiger partial charge in [0.15, 0.2) is 5.82 Å². The molecule has 4 amide bonds. The Morgan fingerprint density at radius 2 is 1.29 bits per heavy atom. The number of aromatic nitrogens is 8. The van der Waals surface area contributed by atoms with Gasteiger partial charge in [-0.1, -0.05) is 42.2 Å². The molecule has 0 bridgehead atoms. The average molecular weight is 889 g/mol. The molecule has 3 N–H and O–H groups in total. The Bertz CT molecular complexity index is 2790. The van der Waals surface area contributed by atoms with Gasteiger partial charge in [-0.25, -0.2) is 29.5 Å². The molecule has 1 saturated heterocycles. The third-order valence-corrected chi connectivity index (χ3v) is 11.6. The van der Waals surface area contributed by atoms with E-state index in [2.05, 4.69) is 69.6 Å². The number of nitrogens with one attached hydrogen (secondary N) is 3. The summed E-state index contributed by atoms with van der Waals surface area (Å²) in [7, 11) is 3.54. The zero-order chi connectivity index (χ0) is 44.7. The summed E-state index contributed by atoms with van der Waals surface area (Å²) in [6, 6.07) is 16.8. The Morgan fingerprint density at radius 1 is 0.692 bits per heavy atom. The van der Waals surface area contributed by atoms with Crippen LogP contribution in [0.25, 0.3) is 0 Å². The molecule has 5 heterocycles. The molecule has 6 aromatic rings. The smallest absolute Gasteiger partial charge is 0.347 e. The molecule has 2 saturated carbocycles. The quantitative estimate of drug-likeness (QED) is 0.0504. The summed E-state index contributed by atoms with van der Waals surface area (Å²) in [6.07, 6.45) is 15.5. The van der Waals surface area contributed by atoms with Crippen molar-refractivity contribution in [1.82, 2.24) is 44.4 Å². The summed E-state index contributed by atoms with van der Waals surface area (Å²) in [4.78, 5) is 49.3. The number of urea groups is 2. The minimum absolute atomic E-state index is 0.118. The van der Waals surface area contributed by atoms with Gasteiger partial charge in [-0.3, -0.25) is 14.7 Å². The first kappa shape index (κ1) is 43.0. The van der Waals surface area contributed by atoms with Crippen molar-refractivity contribution in [2.75, 3.05) is 52.1 Å². The van der Waals surface area contributed by atoms with Crippen molar-refractivity contribution in [3.63, 3.8) is 0 Å². The molecule has 0 atom stereocenters. The minimum atomic E-state index is -0.624. The maximum absolute atomic E-state index is 14.9. The van der Waals surface area contributed by atoms with Gasteiger partial charge in [0.2, 0.25) is 11.2 Å². The first-order valence-electron chi connectivity index (χ1n) is 22.0. The van der Waals surface area contributed by atoms with E-state index in [0.29, 0.717) is 57.1 Å². The van der Waals surface area contributed by atoms with E-state index in [4.69, 9.17) is 16.7 Å². The standard InChI is InChI=1S/C48H49ClN14O2/c1-59-43(27-41(57-59)37-17-18-37)56-48(65)62(40-12-7-10-34(26-40)14-16-35-29-51-45(49)52-30-35)63(44-28-42(38-19-20-38)58-60(44)2)47(64)55-39-11-6-9-33(25-39)13-15-36-31-53-46(54-32-36)50-21-8-24-61-22-4-3-5-23-61/h6-7,9-12,25-32,37-38H,3-5,8,17-24H2,1-2H3,(H,55,64)(H,56,65)(H,50,53,54). The van der Waals surface area contributed by atoms with E-state index in [9.17, 15) is 9.59 Å². The number of hydrogen-bond donors (Lipinski definition) is 3. The van der Waals surface area contributed by atoms with Gasteiger partial charge in [-0.05, 0) is 113 Å². The van der Waals surface area contributed by atoms with E-state index in [1.807, 2.05) is 30.3 Å². The van der Waals surface area contributed by atoms with Crippen molar-refractivity contribution in [1.29, 1.82) is 0 Å². The predicted octanol–water partition coefficient (Wildman–Crippen LogP) is 7.92. The van der Waals surface area contributed by atoms with Gasteiger partial charge in [0.1, 0.15) is 5.82 Å². The number of benzene rings is 2. The number of carbonyl (C=O) groups is 2. The number of carbonyl (C=O) groups excluding carboxylic acids is 2. The summed E-state index contributed by atoms with van der Waals surface area (Å²) in [5.41, 5.74) is 5.00.